The monoisotopic (exact) mass is 224 g/mol. The van der Waals surface area contributed by atoms with Gasteiger partial charge in [-0.3, -0.25) is 4.79 Å². The van der Waals surface area contributed by atoms with Crippen LogP contribution in [0.1, 0.15) is 35.7 Å². The van der Waals surface area contributed by atoms with Crippen LogP contribution in [0.5, 0.6) is 0 Å². The van der Waals surface area contributed by atoms with Gasteiger partial charge in [-0.05, 0) is 44.0 Å². The Balaban J connectivity index is 2.52. The summed E-state index contributed by atoms with van der Waals surface area (Å²) in [6, 6.07) is 4.42. The first-order chi connectivity index (χ1) is 7.63. The molecule has 1 aromatic rings. The number of hydrogen-bond donors (Lipinski definition) is 0. The zero-order valence-electron chi connectivity index (χ0n) is 9.75. The molecule has 0 N–H and O–H groups in total. The maximum Gasteiger partial charge on any atom is 0.163 e. The lowest BCUT2D eigenvalue weighted by molar-refractivity contribution is 0.0946. The molecule has 2 nitrogen and oxygen atoms in total. The predicted octanol–water partition coefficient (Wildman–Crippen LogP) is 3.13. The van der Waals surface area contributed by atoms with Crippen LogP contribution in [-0.4, -0.2) is 19.0 Å². The molecule has 0 fully saturated rings. The first-order valence-electron chi connectivity index (χ1n) is 5.51. The average molecular weight is 224 g/mol. The highest BCUT2D eigenvalue weighted by Gasteiger charge is 2.07. The maximum absolute atomic E-state index is 13.1. The summed E-state index contributed by atoms with van der Waals surface area (Å²) in [5, 5.41) is 0. The van der Waals surface area contributed by atoms with E-state index in [2.05, 4.69) is 0 Å². The molecule has 0 heterocycles. The molecule has 0 saturated heterocycles. The molecule has 3 heteroatoms. The number of aryl methyl sites for hydroxylation is 1. The summed E-state index contributed by atoms with van der Waals surface area (Å²) in [6.45, 7) is 4.93. The van der Waals surface area contributed by atoms with Crippen molar-refractivity contribution < 1.29 is 13.9 Å². The zero-order valence-corrected chi connectivity index (χ0v) is 9.75. The van der Waals surface area contributed by atoms with Crippen LogP contribution >= 0.6 is 0 Å². The second-order valence-corrected chi connectivity index (χ2v) is 3.74. The van der Waals surface area contributed by atoms with Gasteiger partial charge in [0, 0.05) is 25.2 Å². The molecule has 0 atom stereocenters. The maximum atomic E-state index is 13.1. The minimum Gasteiger partial charge on any atom is -0.382 e. The van der Waals surface area contributed by atoms with E-state index in [0.29, 0.717) is 31.6 Å². The summed E-state index contributed by atoms with van der Waals surface area (Å²) in [7, 11) is 0. The number of halogens is 1. The van der Waals surface area contributed by atoms with Crippen LogP contribution < -0.4 is 0 Å². The number of hydrogen-bond acceptors (Lipinski definition) is 2. The van der Waals surface area contributed by atoms with Crippen molar-refractivity contribution in [1.29, 1.82) is 0 Å². The van der Waals surface area contributed by atoms with Gasteiger partial charge in [-0.1, -0.05) is 0 Å². The number of carbonyl (C=O) groups excluding carboxylic acids is 1. The minimum atomic E-state index is -0.354. The van der Waals surface area contributed by atoms with Gasteiger partial charge in [0.05, 0.1) is 0 Å². The third-order valence-electron chi connectivity index (χ3n) is 2.26. The average Bonchev–Trinajstić information content (AvgIpc) is 2.22. The molecule has 0 amide bonds. The number of Topliss-reactive ketones (excluding diaryl/α,β-unsaturated/α-hetero) is 1. The fourth-order valence-corrected chi connectivity index (χ4v) is 1.52. The van der Waals surface area contributed by atoms with E-state index < -0.39 is 0 Å². The van der Waals surface area contributed by atoms with Gasteiger partial charge in [0.1, 0.15) is 5.82 Å². The van der Waals surface area contributed by atoms with Gasteiger partial charge in [-0.2, -0.15) is 0 Å². The van der Waals surface area contributed by atoms with Gasteiger partial charge in [0.15, 0.2) is 5.78 Å². The van der Waals surface area contributed by atoms with Gasteiger partial charge in [0.2, 0.25) is 0 Å². The van der Waals surface area contributed by atoms with Crippen molar-refractivity contribution in [3.63, 3.8) is 0 Å². The second kappa shape index (κ2) is 6.38. The fourth-order valence-electron chi connectivity index (χ4n) is 1.52. The second-order valence-electron chi connectivity index (χ2n) is 3.74. The lowest BCUT2D eigenvalue weighted by atomic mass is 10.0. The summed E-state index contributed by atoms with van der Waals surface area (Å²) in [5.41, 5.74) is 1.22. The van der Waals surface area contributed by atoms with E-state index in [9.17, 15) is 9.18 Å². The van der Waals surface area contributed by atoms with Crippen molar-refractivity contribution in [2.45, 2.75) is 26.7 Å². The van der Waals surface area contributed by atoms with E-state index in [-0.39, 0.29) is 11.6 Å². The highest BCUT2D eigenvalue weighted by Crippen LogP contribution is 2.11. The molecule has 0 bridgehead atoms. The molecule has 0 aliphatic heterocycles. The molecule has 0 radical (unpaired) electrons. The van der Waals surface area contributed by atoms with Crippen molar-refractivity contribution in [2.24, 2.45) is 0 Å². The highest BCUT2D eigenvalue weighted by atomic mass is 19.1. The molecular formula is C13H17FO2. The molecule has 0 spiro atoms. The Bertz CT molecular complexity index is 341. The third kappa shape index (κ3) is 4.11. The Morgan fingerprint density at radius 3 is 2.75 bits per heavy atom. The Kier molecular flexibility index (Phi) is 5.12. The minimum absolute atomic E-state index is 0.0256. The fraction of sp³-hybridized carbons (Fsp3) is 0.462. The summed E-state index contributed by atoms with van der Waals surface area (Å²) < 4.78 is 18.2. The number of ketones is 1. The van der Waals surface area contributed by atoms with Crippen molar-refractivity contribution in [2.75, 3.05) is 13.2 Å². The van der Waals surface area contributed by atoms with Crippen LogP contribution in [0.4, 0.5) is 4.39 Å². The molecule has 0 aliphatic rings. The summed E-state index contributed by atoms with van der Waals surface area (Å²) in [6.07, 6.45) is 1.09. The molecule has 0 aliphatic carbocycles. The Morgan fingerprint density at radius 2 is 2.12 bits per heavy atom. The van der Waals surface area contributed by atoms with Gasteiger partial charge < -0.3 is 4.74 Å². The van der Waals surface area contributed by atoms with Crippen molar-refractivity contribution in [3.05, 3.63) is 35.1 Å². The molecule has 0 saturated carbocycles. The normalized spacial score (nSPS) is 10.4. The Labute approximate surface area is 95.4 Å². The standard InChI is InChI=1S/C13H17FO2/c1-3-16-6-4-5-13(15)11-7-10(2)8-12(14)9-11/h7-9H,3-6H2,1-2H3. The van der Waals surface area contributed by atoms with Crippen LogP contribution in [0, 0.1) is 12.7 Å². The molecule has 16 heavy (non-hydrogen) atoms. The van der Waals surface area contributed by atoms with Gasteiger partial charge >= 0.3 is 0 Å². The lowest BCUT2D eigenvalue weighted by Crippen LogP contribution is -2.03. The smallest absolute Gasteiger partial charge is 0.163 e. The van der Waals surface area contributed by atoms with Crippen molar-refractivity contribution in [3.8, 4) is 0 Å². The van der Waals surface area contributed by atoms with Gasteiger partial charge in [0.25, 0.3) is 0 Å². The van der Waals surface area contributed by atoms with Gasteiger partial charge in [-0.25, -0.2) is 4.39 Å². The SMILES string of the molecule is CCOCCCC(=O)c1cc(C)cc(F)c1. The topological polar surface area (TPSA) is 26.3 Å². The molecule has 88 valence electrons. The van der Waals surface area contributed by atoms with Crippen LogP contribution in [0.3, 0.4) is 0 Å². The van der Waals surface area contributed by atoms with Gasteiger partial charge in [-0.15, -0.1) is 0 Å². The van der Waals surface area contributed by atoms with Crippen molar-refractivity contribution in [1.82, 2.24) is 0 Å². The predicted molar refractivity (Wildman–Crippen MR) is 61.2 cm³/mol. The summed E-state index contributed by atoms with van der Waals surface area (Å²) in [5.74, 6) is -0.379. The van der Waals surface area contributed by atoms with Crippen LogP contribution in [0.2, 0.25) is 0 Å². The van der Waals surface area contributed by atoms with E-state index in [4.69, 9.17) is 4.74 Å². The molecule has 1 aromatic carbocycles. The lowest BCUT2D eigenvalue weighted by Gasteiger charge is -2.03. The Hall–Kier alpha value is -1.22. The van der Waals surface area contributed by atoms with E-state index >= 15 is 0 Å². The van der Waals surface area contributed by atoms with E-state index in [1.54, 1.807) is 13.0 Å². The van der Waals surface area contributed by atoms with Crippen LogP contribution in [0.15, 0.2) is 18.2 Å². The van der Waals surface area contributed by atoms with E-state index in [1.807, 2.05) is 6.92 Å². The van der Waals surface area contributed by atoms with Crippen LogP contribution in [-0.2, 0) is 4.74 Å². The Morgan fingerprint density at radius 1 is 1.38 bits per heavy atom. The van der Waals surface area contributed by atoms with Crippen molar-refractivity contribution >= 4 is 5.78 Å². The number of carbonyl (C=O) groups is 1. The molecule has 0 unspecified atom stereocenters. The molecule has 1 rings (SSSR count). The first-order valence-corrected chi connectivity index (χ1v) is 5.51. The number of ether oxygens (including phenoxy) is 1. The zero-order chi connectivity index (χ0) is 12.0. The molecule has 0 aromatic heterocycles. The number of benzene rings is 1. The largest absolute Gasteiger partial charge is 0.382 e. The van der Waals surface area contributed by atoms with Crippen LogP contribution in [0.25, 0.3) is 0 Å². The third-order valence-corrected chi connectivity index (χ3v) is 2.26. The quantitative estimate of drug-likeness (QED) is 0.548. The first kappa shape index (κ1) is 12.8. The summed E-state index contributed by atoms with van der Waals surface area (Å²) >= 11 is 0. The summed E-state index contributed by atoms with van der Waals surface area (Å²) in [4.78, 5) is 11.7. The molecular weight excluding hydrogens is 207 g/mol. The highest BCUT2D eigenvalue weighted by molar-refractivity contribution is 5.96. The van der Waals surface area contributed by atoms with E-state index in [1.165, 1.54) is 12.1 Å². The number of rotatable bonds is 6. The van der Waals surface area contributed by atoms with E-state index in [0.717, 1.165) is 5.56 Å².